The molecule has 2 saturated carbocycles. The quantitative estimate of drug-likeness (QED) is 0.465. The van der Waals surface area contributed by atoms with Crippen LogP contribution in [0.1, 0.15) is 48.5 Å². The third-order valence-corrected chi connectivity index (χ3v) is 12.3. The molecular weight excluding hydrogens is 566 g/mol. The first-order valence-electron chi connectivity index (χ1n) is 14.3. The highest BCUT2D eigenvalue weighted by Gasteiger charge is 2.69. The molecule has 2 bridgehead atoms. The second-order valence-corrected chi connectivity index (χ2v) is 13.9. The van der Waals surface area contributed by atoms with Crippen molar-refractivity contribution in [2.75, 3.05) is 26.2 Å². The molecule has 4 heterocycles. The number of ether oxygens (including phenoxy) is 1. The largest absolute Gasteiger partial charge is 0.484 e. The average Bonchev–Trinajstić information content (AvgIpc) is 3.70. The van der Waals surface area contributed by atoms with Crippen LogP contribution in [0.2, 0.25) is 0 Å². The number of carbonyl (C=O) groups is 4. The molecule has 41 heavy (non-hydrogen) atoms. The fourth-order valence-electron chi connectivity index (χ4n) is 8.03. The van der Waals surface area contributed by atoms with Crippen LogP contribution in [0.5, 0.6) is 5.75 Å². The van der Waals surface area contributed by atoms with E-state index in [0.29, 0.717) is 5.75 Å². The van der Waals surface area contributed by atoms with Crippen molar-refractivity contribution in [2.24, 2.45) is 29.6 Å². The topological polar surface area (TPSA) is 137 Å². The van der Waals surface area contributed by atoms with E-state index in [1.54, 1.807) is 11.8 Å². The number of aromatic amines is 1. The summed E-state index contributed by atoms with van der Waals surface area (Å²) >= 11 is 2.82. The molecule has 3 amide bonds. The first-order valence-corrected chi connectivity index (χ1v) is 16.0. The number of benzene rings is 1. The number of amides is 3. The van der Waals surface area contributed by atoms with Crippen LogP contribution in [-0.2, 0) is 19.2 Å². The van der Waals surface area contributed by atoms with Crippen molar-refractivity contribution < 1.29 is 29.0 Å². The number of thioether (sulfide) groups is 1. The number of hydrogen-bond donors (Lipinski definition) is 2. The molecule has 0 spiro atoms. The Morgan fingerprint density at radius 2 is 1.71 bits per heavy atom. The molecule has 2 aromatic rings. The van der Waals surface area contributed by atoms with Crippen molar-refractivity contribution in [1.82, 2.24) is 14.8 Å². The van der Waals surface area contributed by atoms with Crippen LogP contribution in [0, 0.1) is 29.6 Å². The van der Waals surface area contributed by atoms with Crippen LogP contribution in [-0.4, -0.2) is 75.1 Å². The summed E-state index contributed by atoms with van der Waals surface area (Å²) in [5.41, 5.74) is 1.01. The smallest absolute Gasteiger partial charge is 0.305 e. The lowest BCUT2D eigenvalue weighted by Crippen LogP contribution is -2.42. The highest BCUT2D eigenvalue weighted by Crippen LogP contribution is 2.68. The van der Waals surface area contributed by atoms with Gasteiger partial charge in [0.15, 0.2) is 6.61 Å². The number of aromatic nitrogens is 1. The van der Waals surface area contributed by atoms with E-state index in [-0.39, 0.29) is 71.1 Å². The molecule has 2 N–H and O–H groups in total. The van der Waals surface area contributed by atoms with Gasteiger partial charge in [0, 0.05) is 35.7 Å². The number of nitrogens with one attached hydrogen (secondary N) is 1. The third kappa shape index (κ3) is 4.41. The van der Waals surface area contributed by atoms with Crippen molar-refractivity contribution >= 4 is 46.8 Å². The minimum absolute atomic E-state index is 0.00493. The molecule has 1 aromatic heterocycles. The molecule has 2 saturated heterocycles. The van der Waals surface area contributed by atoms with Crippen LogP contribution in [0.25, 0.3) is 0 Å². The van der Waals surface area contributed by atoms with Gasteiger partial charge in [0.05, 0.1) is 23.3 Å². The van der Waals surface area contributed by atoms with Gasteiger partial charge in [-0.15, -0.1) is 11.8 Å². The highest BCUT2D eigenvalue weighted by molar-refractivity contribution is 8.00. The normalized spacial score (nSPS) is 31.7. The highest BCUT2D eigenvalue weighted by atomic mass is 32.2. The second kappa shape index (κ2) is 10.3. The van der Waals surface area contributed by atoms with Crippen molar-refractivity contribution in [3.8, 4) is 5.75 Å². The van der Waals surface area contributed by atoms with Gasteiger partial charge in [-0.2, -0.15) is 0 Å². The van der Waals surface area contributed by atoms with Gasteiger partial charge in [0.1, 0.15) is 5.75 Å². The first kappa shape index (κ1) is 26.8. The lowest BCUT2D eigenvalue weighted by Gasteiger charge is -2.43. The van der Waals surface area contributed by atoms with Crippen LogP contribution < -0.4 is 9.61 Å². The van der Waals surface area contributed by atoms with Crippen molar-refractivity contribution in [1.29, 1.82) is 0 Å². The Balaban J connectivity index is 1.14. The van der Waals surface area contributed by atoms with E-state index >= 15 is 0 Å². The SMILES string of the molecule is O=C(O)CCN1C(=O)C2C3CC(C2C1=O)C1C3Sc2[nH]c(=O)sc2[C@@H]1c1ccc(OCC(=O)N2CCCCC2)cc1. The fourth-order valence-corrected chi connectivity index (χ4v) is 10.9. The molecule has 10 nitrogen and oxygen atoms in total. The van der Waals surface area contributed by atoms with Gasteiger partial charge in [-0.3, -0.25) is 28.9 Å². The molecule has 3 aliphatic heterocycles. The molecule has 5 aliphatic rings. The first-order chi connectivity index (χ1) is 19.8. The Labute approximate surface area is 244 Å². The molecule has 7 atom stereocenters. The predicted octanol–water partition coefficient (Wildman–Crippen LogP) is 2.78. The molecule has 12 heteroatoms. The summed E-state index contributed by atoms with van der Waals surface area (Å²) in [6, 6.07) is 7.68. The molecule has 0 radical (unpaired) electrons. The van der Waals surface area contributed by atoms with Gasteiger partial charge in [-0.05, 0) is 61.1 Å². The van der Waals surface area contributed by atoms with E-state index in [1.165, 1.54) is 16.2 Å². The molecule has 7 rings (SSSR count). The zero-order chi connectivity index (χ0) is 28.4. The summed E-state index contributed by atoms with van der Waals surface area (Å²) in [6.45, 7) is 1.46. The summed E-state index contributed by atoms with van der Waals surface area (Å²) in [7, 11) is 0. The molecular formula is C29H31N3O7S2. The zero-order valence-corrected chi connectivity index (χ0v) is 24.0. The average molecular weight is 598 g/mol. The Bertz CT molecular complexity index is 1460. The van der Waals surface area contributed by atoms with E-state index in [2.05, 4.69) is 4.98 Å². The van der Waals surface area contributed by atoms with E-state index in [0.717, 1.165) is 54.2 Å². The molecule has 2 aliphatic carbocycles. The number of hydrogen-bond acceptors (Lipinski definition) is 8. The Morgan fingerprint density at radius 3 is 2.41 bits per heavy atom. The van der Waals surface area contributed by atoms with Gasteiger partial charge in [0.2, 0.25) is 11.8 Å². The van der Waals surface area contributed by atoms with Crippen LogP contribution in [0.15, 0.2) is 34.1 Å². The summed E-state index contributed by atoms with van der Waals surface area (Å²) in [5.74, 6) is -1.87. The van der Waals surface area contributed by atoms with Crippen molar-refractivity contribution in [2.45, 2.75) is 48.3 Å². The monoisotopic (exact) mass is 597 g/mol. The lowest BCUT2D eigenvalue weighted by atomic mass is 9.68. The number of carboxylic acids is 1. The predicted molar refractivity (Wildman–Crippen MR) is 150 cm³/mol. The van der Waals surface area contributed by atoms with Crippen molar-refractivity contribution in [3.05, 3.63) is 44.4 Å². The van der Waals surface area contributed by atoms with Gasteiger partial charge >= 0.3 is 10.8 Å². The summed E-state index contributed by atoms with van der Waals surface area (Å²) in [5, 5.41) is 10.0. The number of piperidine rings is 1. The number of carbonyl (C=O) groups excluding carboxylic acids is 3. The minimum atomic E-state index is -1.04. The van der Waals surface area contributed by atoms with E-state index in [9.17, 15) is 24.0 Å². The summed E-state index contributed by atoms with van der Waals surface area (Å²) in [4.78, 5) is 69.8. The molecule has 216 valence electrons. The minimum Gasteiger partial charge on any atom is -0.484 e. The number of thiazole rings is 1. The second-order valence-electron chi connectivity index (χ2n) is 11.7. The number of fused-ring (bicyclic) bond motifs is 9. The number of rotatable bonds is 7. The van der Waals surface area contributed by atoms with Crippen LogP contribution >= 0.6 is 23.1 Å². The maximum absolute atomic E-state index is 13.5. The molecule has 4 fully saturated rings. The number of nitrogens with zero attached hydrogens (tertiary/aromatic N) is 2. The van der Waals surface area contributed by atoms with Gasteiger partial charge in [-0.1, -0.05) is 23.5 Å². The number of carboxylic acid groups (broad SMARTS) is 1. The van der Waals surface area contributed by atoms with Gasteiger partial charge in [-0.25, -0.2) is 0 Å². The number of aliphatic carboxylic acids is 1. The van der Waals surface area contributed by atoms with Crippen LogP contribution in [0.4, 0.5) is 0 Å². The number of likely N-dealkylation sites (tertiary alicyclic amines) is 2. The summed E-state index contributed by atoms with van der Waals surface area (Å²) < 4.78 is 5.83. The van der Waals surface area contributed by atoms with Crippen molar-refractivity contribution in [3.63, 3.8) is 0 Å². The molecule has 6 unspecified atom stereocenters. The van der Waals surface area contributed by atoms with E-state index in [4.69, 9.17) is 9.84 Å². The third-order valence-electron chi connectivity index (χ3n) is 9.67. The lowest BCUT2D eigenvalue weighted by molar-refractivity contribution is -0.142. The Kier molecular flexibility index (Phi) is 6.72. The van der Waals surface area contributed by atoms with Gasteiger partial charge in [0.25, 0.3) is 5.91 Å². The summed E-state index contributed by atoms with van der Waals surface area (Å²) in [6.07, 6.45) is 3.73. The number of imide groups is 1. The maximum atomic E-state index is 13.5. The van der Waals surface area contributed by atoms with Gasteiger partial charge < -0.3 is 19.7 Å². The van der Waals surface area contributed by atoms with Crippen LogP contribution in [0.3, 0.4) is 0 Å². The fraction of sp³-hybridized carbons (Fsp3) is 0.552. The standard InChI is InChI=1S/C29H31N3O7S2/c33-18(31-9-2-1-3-10-31)13-39-15-6-4-14(5-7-15)20-21-16-12-17(24(21)40-26-25(20)41-29(38)30-26)23-22(16)27(36)32(28(23)37)11-8-19(34)35/h4-7,16-17,20-24H,1-3,8-13H2,(H,30,38)(H,34,35)/t16?,17?,20-,21?,22?,23?,24?/m1/s1. The Morgan fingerprint density at radius 1 is 1.00 bits per heavy atom. The Hall–Kier alpha value is -3.12. The van der Waals surface area contributed by atoms with E-state index in [1.807, 2.05) is 29.2 Å². The maximum Gasteiger partial charge on any atom is 0.305 e. The molecule has 1 aromatic carbocycles. The number of H-pyrrole nitrogens is 1. The van der Waals surface area contributed by atoms with E-state index < -0.39 is 17.8 Å². The zero-order valence-electron chi connectivity index (χ0n) is 22.3.